The zero-order valence-electron chi connectivity index (χ0n) is 17.3. The van der Waals surface area contributed by atoms with E-state index >= 15 is 0 Å². The number of carbonyl (C=O) groups is 2. The molecule has 2 aliphatic carbocycles. The van der Waals surface area contributed by atoms with Gasteiger partial charge >= 0.3 is 0 Å². The van der Waals surface area contributed by atoms with Crippen molar-refractivity contribution in [1.82, 2.24) is 9.88 Å². The van der Waals surface area contributed by atoms with Crippen LogP contribution in [-0.2, 0) is 4.79 Å². The highest BCUT2D eigenvalue weighted by molar-refractivity contribution is 8.16. The summed E-state index contributed by atoms with van der Waals surface area (Å²) in [5.41, 5.74) is 1.11. The fourth-order valence-corrected chi connectivity index (χ4v) is 7.65. The average Bonchev–Trinajstić information content (AvgIpc) is 3.48. The van der Waals surface area contributed by atoms with Crippen LogP contribution in [0, 0.1) is 17.3 Å². The third-order valence-corrected chi connectivity index (χ3v) is 9.11. The number of nitrogens with one attached hydrogen (secondary N) is 1. The van der Waals surface area contributed by atoms with Crippen molar-refractivity contribution in [3.63, 3.8) is 0 Å². The van der Waals surface area contributed by atoms with Crippen LogP contribution >= 0.6 is 11.8 Å². The molecule has 1 saturated heterocycles. The van der Waals surface area contributed by atoms with Crippen molar-refractivity contribution >= 4 is 28.6 Å². The number of aliphatic imine (C=N–C) groups is 1. The number of piperidine rings is 1. The number of hydrogen-bond donors (Lipinski definition) is 1. The molecule has 1 aromatic rings. The van der Waals surface area contributed by atoms with Gasteiger partial charge in [-0.25, -0.2) is 4.99 Å². The number of rotatable bonds is 5. The molecule has 0 radical (unpaired) electrons. The van der Waals surface area contributed by atoms with Gasteiger partial charge in [0.2, 0.25) is 0 Å². The van der Waals surface area contributed by atoms with Gasteiger partial charge in [-0.05, 0) is 87.7 Å². The number of thioether (sulfide) groups is 1. The summed E-state index contributed by atoms with van der Waals surface area (Å²) < 4.78 is -0.404. The second-order valence-electron chi connectivity index (χ2n) is 9.99. The Balaban J connectivity index is 1.15. The van der Waals surface area contributed by atoms with Gasteiger partial charge in [-0.3, -0.25) is 9.59 Å². The predicted molar refractivity (Wildman–Crippen MR) is 116 cm³/mol. The predicted octanol–water partition coefficient (Wildman–Crippen LogP) is 4.66. The lowest BCUT2D eigenvalue weighted by molar-refractivity contribution is -0.119. The maximum Gasteiger partial charge on any atom is 0.270 e. The number of fused-ring (bicyclic) bond motifs is 2. The summed E-state index contributed by atoms with van der Waals surface area (Å²) in [6, 6.07) is 3.69. The van der Waals surface area contributed by atoms with Crippen LogP contribution in [0.3, 0.4) is 0 Å². The molecule has 156 valence electrons. The molecule has 1 aromatic heterocycles. The lowest BCUT2D eigenvalue weighted by Crippen LogP contribution is -2.41. The first-order valence-corrected chi connectivity index (χ1v) is 12.0. The minimum Gasteiger partial charge on any atom is -0.357 e. The Morgan fingerprint density at radius 2 is 2.03 bits per heavy atom. The molecule has 29 heavy (non-hydrogen) atoms. The highest BCUT2D eigenvalue weighted by Gasteiger charge is 2.49. The quantitative estimate of drug-likeness (QED) is 0.764. The third kappa shape index (κ3) is 3.69. The number of aromatic nitrogens is 1. The second kappa shape index (κ2) is 7.29. The zero-order chi connectivity index (χ0) is 20.1. The van der Waals surface area contributed by atoms with Gasteiger partial charge in [-0.1, -0.05) is 11.8 Å². The van der Waals surface area contributed by atoms with Gasteiger partial charge in [0.15, 0.2) is 0 Å². The minimum atomic E-state index is -0.404. The summed E-state index contributed by atoms with van der Waals surface area (Å²) >= 11 is 1.75. The normalized spacial score (nSPS) is 34.8. The number of nitrogens with zero attached hydrogens (tertiary/aromatic N) is 2. The Morgan fingerprint density at radius 3 is 2.66 bits per heavy atom. The first-order valence-electron chi connectivity index (χ1n) is 11.2. The van der Waals surface area contributed by atoms with Crippen molar-refractivity contribution in [2.45, 2.75) is 69.5 Å². The summed E-state index contributed by atoms with van der Waals surface area (Å²) in [7, 11) is 0. The Labute approximate surface area is 177 Å². The monoisotopic (exact) mass is 413 g/mol. The maximum absolute atomic E-state index is 12.8. The van der Waals surface area contributed by atoms with Crippen LogP contribution in [0.2, 0.25) is 0 Å². The molecule has 2 saturated carbocycles. The SMILES string of the molecule is C[C@@]1(CC2CCN(C(=O)c3ccc[nH]3)CC2)SC(CC23CCC(CC2)C3)=NC1=O. The summed E-state index contributed by atoms with van der Waals surface area (Å²) in [6.45, 7) is 3.64. The number of aromatic amines is 1. The van der Waals surface area contributed by atoms with E-state index in [-0.39, 0.29) is 11.8 Å². The summed E-state index contributed by atoms with van der Waals surface area (Å²) in [4.78, 5) is 34.8. The number of carbonyl (C=O) groups excluding carboxylic acids is 2. The molecule has 3 fully saturated rings. The Kier molecular flexibility index (Phi) is 4.88. The van der Waals surface area contributed by atoms with Crippen molar-refractivity contribution in [2.75, 3.05) is 13.1 Å². The third-order valence-electron chi connectivity index (χ3n) is 7.84. The number of hydrogen-bond acceptors (Lipinski definition) is 3. The lowest BCUT2D eigenvalue weighted by atomic mass is 9.81. The van der Waals surface area contributed by atoms with Crippen LogP contribution in [0.5, 0.6) is 0 Å². The zero-order valence-corrected chi connectivity index (χ0v) is 18.1. The fraction of sp³-hybridized carbons (Fsp3) is 0.696. The molecule has 0 spiro atoms. The van der Waals surface area contributed by atoms with E-state index in [9.17, 15) is 9.59 Å². The molecule has 0 unspecified atom stereocenters. The molecule has 2 amide bonds. The van der Waals surface area contributed by atoms with Crippen molar-refractivity contribution < 1.29 is 9.59 Å². The van der Waals surface area contributed by atoms with Crippen molar-refractivity contribution in [3.8, 4) is 0 Å². The van der Waals surface area contributed by atoms with E-state index in [0.717, 1.165) is 49.7 Å². The molecule has 3 heterocycles. The molecule has 4 aliphatic rings. The van der Waals surface area contributed by atoms with Gasteiger partial charge in [0.05, 0.1) is 5.04 Å². The Bertz CT molecular complexity index is 817. The molecular weight excluding hydrogens is 382 g/mol. The molecule has 5 nitrogen and oxygen atoms in total. The van der Waals surface area contributed by atoms with Gasteiger partial charge in [0.1, 0.15) is 10.4 Å². The van der Waals surface area contributed by atoms with Crippen LogP contribution in [-0.4, -0.2) is 44.6 Å². The van der Waals surface area contributed by atoms with Crippen molar-refractivity contribution in [2.24, 2.45) is 22.2 Å². The maximum atomic E-state index is 12.8. The molecule has 2 bridgehead atoms. The van der Waals surface area contributed by atoms with E-state index in [1.165, 1.54) is 32.1 Å². The van der Waals surface area contributed by atoms with Gasteiger partial charge in [-0.15, -0.1) is 0 Å². The first-order chi connectivity index (χ1) is 13.9. The van der Waals surface area contributed by atoms with E-state index in [1.54, 1.807) is 18.0 Å². The van der Waals surface area contributed by atoms with Crippen LogP contribution in [0.1, 0.15) is 75.2 Å². The van der Waals surface area contributed by atoms with Crippen LogP contribution in [0.4, 0.5) is 0 Å². The lowest BCUT2D eigenvalue weighted by Gasteiger charge is -2.35. The second-order valence-corrected chi connectivity index (χ2v) is 11.6. The van der Waals surface area contributed by atoms with Gasteiger partial charge in [-0.2, -0.15) is 0 Å². The summed E-state index contributed by atoms with van der Waals surface area (Å²) in [5, 5.41) is 1.10. The smallest absolute Gasteiger partial charge is 0.270 e. The highest BCUT2D eigenvalue weighted by atomic mass is 32.2. The van der Waals surface area contributed by atoms with Crippen LogP contribution < -0.4 is 0 Å². The van der Waals surface area contributed by atoms with Crippen molar-refractivity contribution in [1.29, 1.82) is 0 Å². The van der Waals surface area contributed by atoms with E-state index < -0.39 is 4.75 Å². The number of amides is 2. The van der Waals surface area contributed by atoms with Gasteiger partial charge in [0.25, 0.3) is 11.8 Å². The van der Waals surface area contributed by atoms with E-state index in [1.807, 2.05) is 17.0 Å². The fourth-order valence-electron chi connectivity index (χ4n) is 6.17. The van der Waals surface area contributed by atoms with Crippen LogP contribution in [0.25, 0.3) is 0 Å². The van der Waals surface area contributed by atoms with Crippen LogP contribution in [0.15, 0.2) is 23.3 Å². The minimum absolute atomic E-state index is 0.0753. The molecule has 1 N–H and O–H groups in total. The average molecular weight is 414 g/mol. The van der Waals surface area contributed by atoms with Crippen molar-refractivity contribution in [3.05, 3.63) is 24.0 Å². The number of likely N-dealkylation sites (tertiary alicyclic amines) is 1. The summed E-state index contributed by atoms with van der Waals surface area (Å²) in [6.07, 6.45) is 12.4. The molecule has 2 aliphatic heterocycles. The standard InChI is InChI=1S/C23H31N3O2S/c1-22(13-17-6-11-26(12-7-17)20(27)18-3-2-10-24-18)21(28)25-19(29-22)15-23-8-4-16(14-23)5-9-23/h2-3,10,16-17,24H,4-9,11-15H2,1H3/t16?,22-,23?/m0/s1. The Hall–Kier alpha value is -1.56. The van der Waals surface area contributed by atoms with E-state index in [2.05, 4.69) is 16.9 Å². The molecule has 6 heteroatoms. The summed E-state index contributed by atoms with van der Waals surface area (Å²) in [5.74, 6) is 1.58. The largest absolute Gasteiger partial charge is 0.357 e. The molecule has 1 atom stereocenters. The van der Waals surface area contributed by atoms with Gasteiger partial charge < -0.3 is 9.88 Å². The molecule has 5 rings (SSSR count). The van der Waals surface area contributed by atoms with Gasteiger partial charge in [0, 0.05) is 25.7 Å². The molecule has 0 aromatic carbocycles. The topological polar surface area (TPSA) is 65.5 Å². The highest BCUT2D eigenvalue weighted by Crippen LogP contribution is 2.57. The van der Waals surface area contributed by atoms with E-state index in [4.69, 9.17) is 0 Å². The molecular formula is C23H31N3O2S. The Morgan fingerprint density at radius 1 is 1.28 bits per heavy atom. The van der Waals surface area contributed by atoms with E-state index in [0.29, 0.717) is 17.0 Å². The number of H-pyrrole nitrogens is 1. The first kappa shape index (κ1) is 19.4.